The Morgan fingerprint density at radius 2 is 0.960 bits per heavy atom. The fraction of sp³-hybridized carbons (Fsp3) is 1.00. The average Bonchev–Trinajstić information content (AvgIpc) is 1.84. The Bertz CT molecular complexity index is 336. The van der Waals surface area contributed by atoms with Crippen LogP contribution in [0.1, 0.15) is 0 Å². The second-order valence-electron chi connectivity index (χ2n) is 1.39. The molecule has 1 aliphatic heterocycles. The Kier molecular flexibility index (Phi) is 157. The third-order valence-electron chi connectivity index (χ3n) is 0.589. The van der Waals surface area contributed by atoms with Gasteiger partial charge in [0.2, 0.25) is 0 Å². The topological polar surface area (TPSA) is 525 Å². The summed E-state index contributed by atoms with van der Waals surface area (Å²) in [6.45, 7) is 0. The molecule has 0 aliphatic carbocycles. The van der Waals surface area contributed by atoms with Gasteiger partial charge in [0, 0.05) is 0 Å². The van der Waals surface area contributed by atoms with Crippen molar-refractivity contribution >= 4 is 38.1 Å². The second kappa shape index (κ2) is 39.1. The molecular formula is CH30GaNO20S2. The maximum absolute atomic E-state index is 10.0. The molecule has 1 aliphatic rings. The van der Waals surface area contributed by atoms with Gasteiger partial charge >= 0.3 is 68.4 Å². The predicted octanol–water partition coefficient (Wildman–Crippen LogP) is -13.3. The van der Waals surface area contributed by atoms with Gasteiger partial charge in [-0.05, 0) is 0 Å². The van der Waals surface area contributed by atoms with E-state index in [0.29, 0.717) is 0 Å². The van der Waals surface area contributed by atoms with Crippen molar-refractivity contribution in [3.05, 3.63) is 0 Å². The normalized spacial score (nSPS) is 10.3. The SMILES string of the molecule is C[NH3+].O.O.O.O.O.O.O.O.O.O.O.O.O=S(=O)([O-])[O][Ga]1[O]S(=O)(=O)[O]1. The van der Waals surface area contributed by atoms with E-state index in [4.69, 9.17) is 0 Å². The van der Waals surface area contributed by atoms with E-state index in [9.17, 15) is 21.4 Å². The minimum absolute atomic E-state index is 0. The van der Waals surface area contributed by atoms with Gasteiger partial charge in [-0.25, -0.2) is 0 Å². The molecule has 27 N–H and O–H groups in total. The van der Waals surface area contributed by atoms with Gasteiger partial charge < -0.3 is 71.4 Å². The molecule has 174 valence electrons. The van der Waals surface area contributed by atoms with Crippen LogP contribution in [0.4, 0.5) is 0 Å². The molecule has 24 heteroatoms. The van der Waals surface area contributed by atoms with Crippen molar-refractivity contribution in [2.24, 2.45) is 0 Å². The first kappa shape index (κ1) is 101. The molecule has 0 spiro atoms. The molecule has 1 rings (SSSR count). The molecule has 0 saturated carbocycles. The first-order valence-electron chi connectivity index (χ1n) is 2.75. The quantitative estimate of drug-likeness (QED) is 0.210. The van der Waals surface area contributed by atoms with Gasteiger partial charge in [-0.1, -0.05) is 0 Å². The Hall–Kier alpha value is -0.144. The molecule has 25 heavy (non-hydrogen) atoms. The van der Waals surface area contributed by atoms with Crippen molar-refractivity contribution in [1.29, 1.82) is 0 Å². The number of hydrogen-bond donors (Lipinski definition) is 1. The van der Waals surface area contributed by atoms with Gasteiger partial charge in [-0.3, -0.25) is 0 Å². The van der Waals surface area contributed by atoms with Crippen molar-refractivity contribution < 1.29 is 102 Å². The third-order valence-corrected chi connectivity index (χ3v) is 9.19. The van der Waals surface area contributed by atoms with Crippen LogP contribution in [0.15, 0.2) is 0 Å². The van der Waals surface area contributed by atoms with Crippen LogP contribution in [0.5, 0.6) is 0 Å². The van der Waals surface area contributed by atoms with Gasteiger partial charge in [-0.15, -0.1) is 0 Å². The van der Waals surface area contributed by atoms with E-state index in [2.05, 4.69) is 14.7 Å². The predicted molar refractivity (Wildman–Crippen MR) is 79.8 cm³/mol. The summed E-state index contributed by atoms with van der Waals surface area (Å²) in [7, 11) is -7.21. The van der Waals surface area contributed by atoms with Crippen molar-refractivity contribution in [2.45, 2.75) is 0 Å². The fourth-order valence-corrected chi connectivity index (χ4v) is 6.11. The van der Waals surface area contributed by atoms with Crippen molar-refractivity contribution in [3.63, 3.8) is 0 Å². The Labute approximate surface area is 147 Å². The van der Waals surface area contributed by atoms with Crippen molar-refractivity contribution in [2.75, 3.05) is 7.05 Å². The second-order valence-corrected chi connectivity index (χ2v) is 8.45. The van der Waals surface area contributed by atoms with E-state index in [1.165, 1.54) is 0 Å². The van der Waals surface area contributed by atoms with Crippen LogP contribution in [0.3, 0.4) is 0 Å². The summed E-state index contributed by atoms with van der Waals surface area (Å²) in [6, 6.07) is 0. The average molecular weight is 510 g/mol. The number of quaternary nitrogens is 1. The standard InChI is InChI=1S/CH5N.Ga.2H2O4S.12H2O/c1-2;;2*1-5(2,3)4;;;;;;;;;;;;/h2H2,1H3;;2*(H2,1,2,3,4);12*1H2/q;+3;;;;;;;;;;;;;;/p-3. The first-order chi connectivity index (χ1) is 5.79. The van der Waals surface area contributed by atoms with Crippen LogP contribution in [0.25, 0.3) is 0 Å². The van der Waals surface area contributed by atoms with E-state index in [-0.39, 0.29) is 65.7 Å². The Morgan fingerprint density at radius 3 is 1.08 bits per heavy atom. The fourth-order valence-electron chi connectivity index (χ4n) is 0.328. The zero-order chi connectivity index (χ0) is 10.7. The maximum atomic E-state index is 10.0. The van der Waals surface area contributed by atoms with E-state index >= 15 is 0 Å². The van der Waals surface area contributed by atoms with E-state index < -0.39 is 38.1 Å². The van der Waals surface area contributed by atoms with Gasteiger partial charge in [-0.2, -0.15) is 0 Å². The number of hydrogen-bond acceptors (Lipinski definition) is 8. The van der Waals surface area contributed by atoms with Crippen LogP contribution in [0.2, 0.25) is 0 Å². The molecule has 0 atom stereocenters. The van der Waals surface area contributed by atoms with Gasteiger partial charge in [0.05, 0.1) is 7.05 Å². The van der Waals surface area contributed by atoms with Crippen LogP contribution >= 0.6 is 0 Å². The summed E-state index contributed by atoms with van der Waals surface area (Å²) in [6.07, 6.45) is 0. The summed E-state index contributed by atoms with van der Waals surface area (Å²) in [4.78, 5) is 0. The van der Waals surface area contributed by atoms with Crippen LogP contribution in [-0.2, 0) is 29.7 Å². The molecule has 1 heterocycles. The molecule has 0 aromatic heterocycles. The zero-order valence-corrected chi connectivity index (χ0v) is 16.4. The summed E-state index contributed by atoms with van der Waals surface area (Å²) in [5.41, 5.74) is 3.25. The van der Waals surface area contributed by atoms with E-state index in [0.717, 1.165) is 0 Å². The van der Waals surface area contributed by atoms with Crippen LogP contribution in [0, 0.1) is 0 Å². The molecule has 1 fully saturated rings. The Balaban J connectivity index is -0.00000000905. The van der Waals surface area contributed by atoms with E-state index in [1.54, 1.807) is 7.05 Å². The molecule has 0 amide bonds. The van der Waals surface area contributed by atoms with Crippen LogP contribution in [-0.4, -0.2) is 111 Å². The van der Waals surface area contributed by atoms with Gasteiger partial charge in [0.1, 0.15) is 0 Å². The molecule has 0 aromatic rings. The summed E-state index contributed by atoms with van der Waals surface area (Å²) >= 11 is -3.68. The summed E-state index contributed by atoms with van der Waals surface area (Å²) in [5, 5.41) is 0. The van der Waals surface area contributed by atoms with E-state index in [1.807, 2.05) is 0 Å². The zero-order valence-electron chi connectivity index (χ0n) is 12.4. The van der Waals surface area contributed by atoms with Gasteiger partial charge in [0.15, 0.2) is 0 Å². The molecule has 1 saturated heterocycles. The third kappa shape index (κ3) is 51.6. The molecule has 0 unspecified atom stereocenters. The first-order valence-corrected chi connectivity index (χ1v) is 8.38. The molecule has 0 bridgehead atoms. The van der Waals surface area contributed by atoms with Gasteiger partial charge in [0.25, 0.3) is 0 Å². The van der Waals surface area contributed by atoms with Crippen LogP contribution < -0.4 is 5.73 Å². The molecule has 21 nitrogen and oxygen atoms in total. The Morgan fingerprint density at radius 1 is 0.760 bits per heavy atom. The summed E-state index contributed by atoms with van der Waals surface area (Å²) in [5.74, 6) is 0. The minimum atomic E-state index is -4.92. The molecule has 0 radical (unpaired) electrons. The van der Waals surface area contributed by atoms with Crippen molar-refractivity contribution in [3.8, 4) is 0 Å². The molecular weight excluding hydrogens is 480 g/mol. The molecule has 0 aromatic carbocycles. The monoisotopic (exact) mass is 509 g/mol. The number of rotatable bonds is 2. The van der Waals surface area contributed by atoms with Crippen molar-refractivity contribution in [1.82, 2.24) is 0 Å². The summed E-state index contributed by atoms with van der Waals surface area (Å²) < 4.78 is 60.6.